The van der Waals surface area contributed by atoms with Crippen molar-refractivity contribution in [2.45, 2.75) is 198 Å². The Morgan fingerprint density at radius 3 is 0.812 bits per heavy atom. The molecule has 0 amide bonds. The lowest BCUT2D eigenvalue weighted by Crippen LogP contribution is -2.40. The molecule has 10 N–H and O–H groups in total. The first-order valence-electron chi connectivity index (χ1n) is 24.2. The zero-order valence-corrected chi connectivity index (χ0v) is 42.0. The minimum atomic E-state index is -0.718. The number of nitrogens with one attached hydrogen (secondary N) is 4. The third-order valence-electron chi connectivity index (χ3n) is 14.9. The van der Waals surface area contributed by atoms with Crippen LogP contribution in [0.3, 0.4) is 0 Å². The summed E-state index contributed by atoms with van der Waals surface area (Å²) in [6.45, 7) is 27.1. The second kappa shape index (κ2) is 27.0. The fourth-order valence-corrected chi connectivity index (χ4v) is 11.4. The predicted octanol–water partition coefficient (Wildman–Crippen LogP) is 4.82. The second-order valence-electron chi connectivity index (χ2n) is 20.1. The summed E-state index contributed by atoms with van der Waals surface area (Å²) in [5, 5.41) is 67.9. The van der Waals surface area contributed by atoms with Crippen molar-refractivity contribution >= 4 is 52.1 Å². The highest BCUT2D eigenvalue weighted by molar-refractivity contribution is 6.46. The van der Waals surface area contributed by atoms with E-state index in [9.17, 15) is 49.5 Å². The molecule has 0 radical (unpaired) electrons. The van der Waals surface area contributed by atoms with Crippen molar-refractivity contribution in [2.75, 3.05) is 13.2 Å². The average molecular weight is 908 g/mol. The summed E-state index contributed by atoms with van der Waals surface area (Å²) in [7, 11) is -2.18. The fourth-order valence-electron chi connectivity index (χ4n) is 11.4. The van der Waals surface area contributed by atoms with Crippen molar-refractivity contribution in [3.63, 3.8) is 0 Å². The van der Waals surface area contributed by atoms with E-state index in [2.05, 4.69) is 34.8 Å². The van der Waals surface area contributed by atoms with E-state index in [1.807, 2.05) is 55.4 Å². The van der Waals surface area contributed by atoms with Gasteiger partial charge in [-0.1, -0.05) is 53.4 Å². The Hall–Kier alpha value is -2.18. The van der Waals surface area contributed by atoms with Crippen LogP contribution >= 0.6 is 0 Å². The fraction of sp³-hybridized carbons (Fsp3) is 0.909. The van der Waals surface area contributed by atoms with E-state index in [1.54, 1.807) is 27.3 Å². The first-order chi connectivity index (χ1) is 29.7. The van der Waals surface area contributed by atoms with Gasteiger partial charge >= 0.3 is 52.1 Å². The van der Waals surface area contributed by atoms with Crippen LogP contribution in [0.5, 0.6) is 0 Å². The molecule has 20 heteroatoms. The van der Waals surface area contributed by atoms with Crippen LogP contribution in [0, 0.1) is 45.3 Å². The van der Waals surface area contributed by atoms with E-state index in [1.165, 1.54) is 0 Å². The zero-order chi connectivity index (χ0) is 49.4. The van der Waals surface area contributed by atoms with Gasteiger partial charge in [0.25, 0.3) is 0 Å². The maximum Gasteiger partial charge on any atom is 0.373 e. The summed E-state index contributed by atoms with van der Waals surface area (Å²) in [6, 6.07) is 0.649. The number of carbonyl (C=O) groups is 4. The second-order valence-corrected chi connectivity index (χ2v) is 20.1. The molecule has 16 nitrogen and oxygen atoms in total. The first kappa shape index (κ1) is 59.8. The van der Waals surface area contributed by atoms with E-state index >= 15 is 0 Å². The molecular weight excluding hydrogens is 820 g/mol. The lowest BCUT2D eigenvalue weighted by molar-refractivity contribution is -0.157. The monoisotopic (exact) mass is 909 g/mol. The normalized spacial score (nSPS) is 33.9. The van der Waals surface area contributed by atoms with Crippen LogP contribution in [-0.2, 0) is 28.7 Å². The number of carbonyl (C=O) groups excluding carboxylic acids is 2. The van der Waals surface area contributed by atoms with Crippen molar-refractivity contribution in [3.8, 4) is 0 Å². The van der Waals surface area contributed by atoms with Crippen molar-refractivity contribution in [1.29, 1.82) is 0 Å². The molecule has 0 spiro atoms. The van der Waals surface area contributed by atoms with Gasteiger partial charge in [-0.25, -0.2) is 0 Å². The molecule has 64 heavy (non-hydrogen) atoms. The zero-order valence-electron chi connectivity index (χ0n) is 42.0. The summed E-state index contributed by atoms with van der Waals surface area (Å²) in [4.78, 5) is 46.6. The SMILES string of the molecule is CCOC(=O)[C@@]1(C)CC(NB(C)O)C[C@H]1CC.CCOC(=O)[C@]1(C)CC(NB(C)O)C[C@@H]1CC.CC[C@@H]1CC(NB(C)O)C[C@]1(C)C(=O)O.CC[C@H]1CC(NB(C)O)C[C@@]1(C)C(=O)O. The molecule has 4 aliphatic rings. The van der Waals surface area contributed by atoms with Gasteiger partial charge in [0.15, 0.2) is 0 Å². The van der Waals surface area contributed by atoms with Gasteiger partial charge in [0, 0.05) is 0 Å². The maximum atomic E-state index is 12.1. The molecule has 4 fully saturated rings. The van der Waals surface area contributed by atoms with Gasteiger partial charge in [-0.15, -0.1) is 0 Å². The molecule has 4 aliphatic carbocycles. The topological polar surface area (TPSA) is 256 Å². The van der Waals surface area contributed by atoms with Crippen LogP contribution in [-0.4, -0.2) is 120 Å². The third kappa shape index (κ3) is 16.6. The van der Waals surface area contributed by atoms with Crippen LogP contribution < -0.4 is 20.9 Å². The summed E-state index contributed by atoms with van der Waals surface area (Å²) in [6.07, 6.45) is 9.91. The Balaban J connectivity index is 0.000000427. The molecule has 0 aromatic rings. The van der Waals surface area contributed by atoms with Gasteiger partial charge in [-0.05, 0) is 168 Å². The van der Waals surface area contributed by atoms with E-state index in [0.29, 0.717) is 37.9 Å². The first-order valence-corrected chi connectivity index (χ1v) is 24.2. The molecule has 0 aromatic heterocycles. The van der Waals surface area contributed by atoms with Gasteiger partial charge in [0.05, 0.1) is 34.9 Å². The summed E-state index contributed by atoms with van der Waals surface area (Å²) in [5.41, 5.74) is -2.09. The maximum absolute atomic E-state index is 12.1. The number of rotatable bonds is 18. The van der Waals surface area contributed by atoms with Crippen molar-refractivity contribution in [2.24, 2.45) is 45.3 Å². The number of carboxylic acid groups (broad SMARTS) is 2. The lowest BCUT2D eigenvalue weighted by Gasteiger charge is -2.28. The average Bonchev–Trinajstić information content (AvgIpc) is 3.91. The highest BCUT2D eigenvalue weighted by Gasteiger charge is 2.52. The molecule has 0 bridgehead atoms. The Kier molecular flexibility index (Phi) is 25.2. The van der Waals surface area contributed by atoms with E-state index in [-0.39, 0.29) is 47.9 Å². The largest absolute Gasteiger partial charge is 0.481 e. The Bertz CT molecular complexity index is 1350. The van der Waals surface area contributed by atoms with Crippen LogP contribution in [0.1, 0.15) is 146 Å². The Labute approximate surface area is 387 Å². The highest BCUT2D eigenvalue weighted by atomic mass is 16.5. The van der Waals surface area contributed by atoms with Gasteiger partial charge in [0.1, 0.15) is 0 Å². The molecule has 12 atom stereocenters. The lowest BCUT2D eigenvalue weighted by atomic mass is 9.78. The molecule has 4 unspecified atom stereocenters. The number of hydrogen-bond acceptors (Lipinski definition) is 14. The molecule has 0 aromatic carbocycles. The molecule has 0 heterocycles. The minimum absolute atomic E-state index is 0.0956. The van der Waals surface area contributed by atoms with Gasteiger partial charge in [0.2, 0.25) is 0 Å². The quantitative estimate of drug-likeness (QED) is 0.0654. The van der Waals surface area contributed by atoms with Crippen LogP contribution in [0.4, 0.5) is 0 Å². The summed E-state index contributed by atoms with van der Waals surface area (Å²) >= 11 is 0. The standard InChI is InChI=1S/2C12H24BNO3.2C10H20BNO3/c2*1-5-9-7-10(14-13(4)16)8-12(9,3)11(15)17-6-2;2*1-4-7-5-8(12-11(3)15)6-10(7,2)9(13)14/h2*9-10,14,16H,5-8H2,1-4H3;2*7-8,12,15H,4-6H2,1-3H3,(H,13,14)/t2*9-,10?,12+;2*7-,8?,10+/m1010/s1. The summed E-state index contributed by atoms with van der Waals surface area (Å²) in [5.74, 6) is -0.565. The van der Waals surface area contributed by atoms with Crippen LogP contribution in [0.15, 0.2) is 0 Å². The van der Waals surface area contributed by atoms with E-state index < -0.39 is 61.8 Å². The number of carboxylic acids is 2. The molecule has 4 saturated carbocycles. The highest BCUT2D eigenvalue weighted by Crippen LogP contribution is 2.48. The Morgan fingerprint density at radius 2 is 0.656 bits per heavy atom. The molecule has 368 valence electrons. The molecule has 0 saturated heterocycles. The predicted molar refractivity (Wildman–Crippen MR) is 256 cm³/mol. The minimum Gasteiger partial charge on any atom is -0.481 e. The van der Waals surface area contributed by atoms with Crippen molar-refractivity contribution < 1.29 is 59.0 Å². The van der Waals surface area contributed by atoms with Crippen molar-refractivity contribution in [3.05, 3.63) is 0 Å². The van der Waals surface area contributed by atoms with E-state index in [4.69, 9.17) is 9.47 Å². The van der Waals surface area contributed by atoms with E-state index in [0.717, 1.165) is 64.2 Å². The van der Waals surface area contributed by atoms with Gasteiger partial charge in [-0.3, -0.25) is 19.2 Å². The van der Waals surface area contributed by atoms with Gasteiger partial charge in [-0.2, -0.15) is 0 Å². The number of esters is 2. The van der Waals surface area contributed by atoms with Crippen LogP contribution in [0.2, 0.25) is 27.3 Å². The molecular formula is C44H88B4N4O12. The molecule has 0 aliphatic heterocycles. The smallest absolute Gasteiger partial charge is 0.373 e. The number of ether oxygens (including phenoxy) is 2. The number of aliphatic carboxylic acids is 2. The van der Waals surface area contributed by atoms with Gasteiger partial charge < -0.3 is 60.7 Å². The summed E-state index contributed by atoms with van der Waals surface area (Å²) < 4.78 is 10.4. The van der Waals surface area contributed by atoms with Crippen LogP contribution in [0.25, 0.3) is 0 Å². The Morgan fingerprint density at radius 1 is 0.453 bits per heavy atom. The third-order valence-corrected chi connectivity index (χ3v) is 14.9. The molecule has 4 rings (SSSR count). The van der Waals surface area contributed by atoms with Crippen molar-refractivity contribution in [1.82, 2.24) is 20.9 Å². The number of hydrogen-bond donors (Lipinski definition) is 10.